The maximum Gasteiger partial charge on any atom is 0.257 e. The molecule has 1 saturated heterocycles. The second kappa shape index (κ2) is 5.85. The maximum atomic E-state index is 12.7. The van der Waals surface area contributed by atoms with Crippen LogP contribution in [0, 0.1) is 0 Å². The molecule has 1 aromatic heterocycles. The number of sulfonamides is 1. The highest BCUT2D eigenvalue weighted by Crippen LogP contribution is 2.22. The Bertz CT molecular complexity index is 680. The van der Waals surface area contributed by atoms with E-state index >= 15 is 0 Å². The predicted molar refractivity (Wildman–Crippen MR) is 87.7 cm³/mol. The quantitative estimate of drug-likeness (QED) is 0.840. The zero-order valence-corrected chi connectivity index (χ0v) is 15.0. The Hall–Kier alpha value is -1.51. The van der Waals surface area contributed by atoms with E-state index < -0.39 is 10.0 Å². The Kier molecular flexibility index (Phi) is 4.53. The van der Waals surface area contributed by atoms with Gasteiger partial charge in [0.05, 0.1) is 5.56 Å². The molecule has 128 valence electrons. The van der Waals surface area contributed by atoms with Crippen LogP contribution in [0.4, 0.5) is 0 Å². The van der Waals surface area contributed by atoms with Gasteiger partial charge in [0.15, 0.2) is 5.03 Å². The molecule has 1 amide bonds. The molecule has 0 saturated carbocycles. The summed E-state index contributed by atoms with van der Waals surface area (Å²) in [5.41, 5.74) is -0.00548. The van der Waals surface area contributed by atoms with Gasteiger partial charge < -0.3 is 10.2 Å². The van der Waals surface area contributed by atoms with Crippen molar-refractivity contribution in [1.29, 1.82) is 0 Å². The van der Waals surface area contributed by atoms with Gasteiger partial charge in [0, 0.05) is 30.4 Å². The number of aromatic nitrogens is 1. The van der Waals surface area contributed by atoms with Crippen LogP contribution in [0.15, 0.2) is 23.4 Å². The number of carbonyl (C=O) groups is 1. The van der Waals surface area contributed by atoms with Gasteiger partial charge in [-0.3, -0.25) is 4.79 Å². The molecule has 2 rings (SSSR count). The van der Waals surface area contributed by atoms with Crippen molar-refractivity contribution in [1.82, 2.24) is 19.9 Å². The molecule has 0 aliphatic carbocycles. The van der Waals surface area contributed by atoms with Crippen molar-refractivity contribution in [3.63, 3.8) is 0 Å². The largest absolute Gasteiger partial charge is 0.335 e. The summed E-state index contributed by atoms with van der Waals surface area (Å²) in [5.74, 6) is -0.145. The molecule has 23 heavy (non-hydrogen) atoms. The number of amides is 1. The molecular weight excluding hydrogens is 316 g/mol. The normalized spacial score (nSPS) is 20.3. The third-order valence-corrected chi connectivity index (χ3v) is 4.99. The standard InChI is InChI=1S/C15H24N4O3S/c1-14(2)9-19(10-15(3,4)18-14)13(20)11-6-7-12(17-8-11)23(21,22)16-5/h6-8,16,18H,9-10H2,1-5H3. The van der Waals surface area contributed by atoms with Gasteiger partial charge in [-0.25, -0.2) is 18.1 Å². The van der Waals surface area contributed by atoms with Crippen molar-refractivity contribution < 1.29 is 13.2 Å². The highest BCUT2D eigenvalue weighted by Gasteiger charge is 2.38. The number of carbonyl (C=O) groups excluding carboxylic acids is 1. The Morgan fingerprint density at radius 2 is 1.78 bits per heavy atom. The summed E-state index contributed by atoms with van der Waals surface area (Å²) < 4.78 is 25.6. The average molecular weight is 340 g/mol. The summed E-state index contributed by atoms with van der Waals surface area (Å²) in [6.45, 7) is 9.35. The minimum absolute atomic E-state index is 0.0995. The first-order chi connectivity index (χ1) is 10.5. The molecule has 1 aliphatic rings. The van der Waals surface area contributed by atoms with E-state index in [0.29, 0.717) is 18.7 Å². The molecule has 2 heterocycles. The molecule has 1 fully saturated rings. The van der Waals surface area contributed by atoms with Crippen molar-refractivity contribution in [3.8, 4) is 0 Å². The number of nitrogens with one attached hydrogen (secondary N) is 2. The SMILES string of the molecule is CNS(=O)(=O)c1ccc(C(=O)N2CC(C)(C)NC(C)(C)C2)cn1. The molecular formula is C15H24N4O3S. The second-order valence-corrected chi connectivity index (χ2v) is 8.98. The smallest absolute Gasteiger partial charge is 0.257 e. The third kappa shape index (κ3) is 4.07. The lowest BCUT2D eigenvalue weighted by atomic mass is 9.91. The lowest BCUT2D eigenvalue weighted by Crippen LogP contribution is -2.67. The lowest BCUT2D eigenvalue weighted by molar-refractivity contribution is 0.0471. The summed E-state index contributed by atoms with van der Waals surface area (Å²) in [7, 11) is -2.28. The van der Waals surface area contributed by atoms with Crippen LogP contribution in [-0.2, 0) is 10.0 Å². The predicted octanol–water partition coefficient (Wildman–Crippen LogP) is 0.592. The van der Waals surface area contributed by atoms with Crippen LogP contribution in [0.2, 0.25) is 0 Å². The third-order valence-electron chi connectivity index (χ3n) is 3.66. The van der Waals surface area contributed by atoms with E-state index in [2.05, 4.69) is 42.7 Å². The monoisotopic (exact) mass is 340 g/mol. The van der Waals surface area contributed by atoms with Crippen LogP contribution in [0.5, 0.6) is 0 Å². The number of pyridine rings is 1. The molecule has 0 radical (unpaired) electrons. The van der Waals surface area contributed by atoms with Gasteiger partial charge in [0.1, 0.15) is 0 Å². The summed E-state index contributed by atoms with van der Waals surface area (Å²) in [4.78, 5) is 18.4. The maximum absolute atomic E-state index is 12.7. The molecule has 7 nitrogen and oxygen atoms in total. The molecule has 2 N–H and O–H groups in total. The molecule has 0 spiro atoms. The minimum atomic E-state index is -3.60. The van der Waals surface area contributed by atoms with Gasteiger partial charge >= 0.3 is 0 Å². The molecule has 1 aliphatic heterocycles. The van der Waals surface area contributed by atoms with E-state index in [0.717, 1.165) is 0 Å². The van der Waals surface area contributed by atoms with Gasteiger partial charge in [-0.15, -0.1) is 0 Å². The fourth-order valence-electron chi connectivity index (χ4n) is 3.10. The first kappa shape index (κ1) is 17.8. The Morgan fingerprint density at radius 1 is 1.22 bits per heavy atom. The lowest BCUT2D eigenvalue weighted by Gasteiger charge is -2.48. The van der Waals surface area contributed by atoms with Crippen LogP contribution in [-0.4, -0.2) is 55.4 Å². The van der Waals surface area contributed by atoms with Crippen LogP contribution >= 0.6 is 0 Å². The van der Waals surface area contributed by atoms with Crippen LogP contribution in [0.1, 0.15) is 38.1 Å². The van der Waals surface area contributed by atoms with Gasteiger partial charge in [-0.2, -0.15) is 0 Å². The molecule has 0 bridgehead atoms. The molecule has 8 heteroatoms. The number of rotatable bonds is 3. The Morgan fingerprint density at radius 3 is 2.22 bits per heavy atom. The van der Waals surface area contributed by atoms with Gasteiger partial charge in [-0.1, -0.05) is 0 Å². The van der Waals surface area contributed by atoms with Crippen molar-refractivity contribution in [2.75, 3.05) is 20.1 Å². The van der Waals surface area contributed by atoms with Crippen LogP contribution < -0.4 is 10.0 Å². The topological polar surface area (TPSA) is 91.4 Å². The van der Waals surface area contributed by atoms with Crippen molar-refractivity contribution in [3.05, 3.63) is 23.9 Å². The van der Waals surface area contributed by atoms with E-state index in [1.807, 2.05) is 0 Å². The summed E-state index contributed by atoms with van der Waals surface area (Å²) in [6.07, 6.45) is 1.31. The number of piperazine rings is 1. The highest BCUT2D eigenvalue weighted by molar-refractivity contribution is 7.89. The van der Waals surface area contributed by atoms with Crippen molar-refractivity contribution in [2.24, 2.45) is 0 Å². The molecule has 0 unspecified atom stereocenters. The zero-order chi connectivity index (χ0) is 17.5. The first-order valence-electron chi connectivity index (χ1n) is 7.44. The summed E-state index contributed by atoms with van der Waals surface area (Å²) in [6, 6.07) is 2.85. The highest BCUT2D eigenvalue weighted by atomic mass is 32.2. The van der Waals surface area contributed by atoms with Gasteiger partial charge in [-0.05, 0) is 46.9 Å². The van der Waals surface area contributed by atoms with Gasteiger partial charge in [0.25, 0.3) is 15.9 Å². The van der Waals surface area contributed by atoms with Crippen LogP contribution in [0.25, 0.3) is 0 Å². The average Bonchev–Trinajstić information content (AvgIpc) is 2.43. The fourth-order valence-corrected chi connectivity index (χ4v) is 3.75. The van der Waals surface area contributed by atoms with E-state index in [4.69, 9.17) is 0 Å². The second-order valence-electron chi connectivity index (χ2n) is 7.15. The van der Waals surface area contributed by atoms with E-state index in [1.165, 1.54) is 25.4 Å². The minimum Gasteiger partial charge on any atom is -0.335 e. The summed E-state index contributed by atoms with van der Waals surface area (Å²) >= 11 is 0. The Balaban J connectivity index is 2.24. The number of nitrogens with zero attached hydrogens (tertiary/aromatic N) is 2. The first-order valence-corrected chi connectivity index (χ1v) is 8.92. The van der Waals surface area contributed by atoms with Gasteiger partial charge in [0.2, 0.25) is 0 Å². The number of hydrogen-bond donors (Lipinski definition) is 2. The Labute approximate surface area is 137 Å². The summed E-state index contributed by atoms with van der Waals surface area (Å²) in [5, 5.41) is 3.41. The molecule has 1 aromatic rings. The molecule has 0 atom stereocenters. The molecule has 0 aromatic carbocycles. The fraction of sp³-hybridized carbons (Fsp3) is 0.600. The zero-order valence-electron chi connectivity index (χ0n) is 14.2. The number of hydrogen-bond acceptors (Lipinski definition) is 5. The van der Waals surface area contributed by atoms with E-state index in [9.17, 15) is 13.2 Å². The van der Waals surface area contributed by atoms with E-state index in [1.54, 1.807) is 4.90 Å². The van der Waals surface area contributed by atoms with E-state index in [-0.39, 0.29) is 22.0 Å². The van der Waals surface area contributed by atoms with Crippen molar-refractivity contribution >= 4 is 15.9 Å². The van der Waals surface area contributed by atoms with Crippen LogP contribution in [0.3, 0.4) is 0 Å². The van der Waals surface area contributed by atoms with Crippen molar-refractivity contribution in [2.45, 2.75) is 43.8 Å².